The van der Waals surface area contributed by atoms with Crippen molar-refractivity contribution in [3.8, 4) is 5.75 Å². The van der Waals surface area contributed by atoms with E-state index in [4.69, 9.17) is 9.47 Å². The van der Waals surface area contributed by atoms with E-state index in [1.165, 1.54) is 21.8 Å². The van der Waals surface area contributed by atoms with E-state index in [1.807, 2.05) is 46.0 Å². The van der Waals surface area contributed by atoms with Gasteiger partial charge in [0.1, 0.15) is 17.4 Å². The van der Waals surface area contributed by atoms with Crippen LogP contribution in [-0.2, 0) is 29.1 Å². The first kappa shape index (κ1) is 21.0. The lowest BCUT2D eigenvalue weighted by atomic mass is 10.2. The van der Waals surface area contributed by atoms with Gasteiger partial charge in [-0.1, -0.05) is 23.8 Å². The quantitative estimate of drug-likeness (QED) is 0.476. The molecule has 1 aliphatic rings. The van der Waals surface area contributed by atoms with Crippen LogP contribution in [0.5, 0.6) is 5.75 Å². The molecule has 3 heterocycles. The van der Waals surface area contributed by atoms with Crippen molar-refractivity contribution in [2.45, 2.75) is 45.4 Å². The van der Waals surface area contributed by atoms with Gasteiger partial charge in [-0.25, -0.2) is 4.98 Å². The van der Waals surface area contributed by atoms with Crippen LogP contribution in [0.2, 0.25) is 0 Å². The van der Waals surface area contributed by atoms with Crippen LogP contribution in [0.3, 0.4) is 0 Å². The van der Waals surface area contributed by atoms with Gasteiger partial charge in [0.15, 0.2) is 0 Å². The summed E-state index contributed by atoms with van der Waals surface area (Å²) in [4.78, 5) is 20.8. The lowest BCUT2D eigenvalue weighted by Crippen LogP contribution is -2.37. The van der Waals surface area contributed by atoms with Crippen molar-refractivity contribution in [2.24, 2.45) is 0 Å². The zero-order chi connectivity index (χ0) is 20.8. The number of carbonyl (C=O) groups is 1. The molecule has 0 radical (unpaired) electrons. The van der Waals surface area contributed by atoms with E-state index in [1.54, 1.807) is 11.3 Å². The summed E-state index contributed by atoms with van der Waals surface area (Å²) < 4.78 is 11.6. The zero-order valence-corrected chi connectivity index (χ0v) is 18.7. The highest BCUT2D eigenvalue weighted by Crippen LogP contribution is 2.20. The molecule has 1 saturated heterocycles. The number of benzene rings is 1. The summed E-state index contributed by atoms with van der Waals surface area (Å²) in [6.45, 7) is 4.53. The maximum atomic E-state index is 13.1. The number of ether oxygens (including phenoxy) is 2. The number of amides is 1. The molecule has 158 valence electrons. The summed E-state index contributed by atoms with van der Waals surface area (Å²) in [7, 11) is 0. The molecule has 1 atom stereocenters. The molecular formula is C23H26N2O3S2. The van der Waals surface area contributed by atoms with E-state index >= 15 is 0 Å². The van der Waals surface area contributed by atoms with Crippen LogP contribution in [0, 0.1) is 6.92 Å². The molecule has 1 amide bonds. The third-order valence-electron chi connectivity index (χ3n) is 5.04. The fourth-order valence-corrected chi connectivity index (χ4v) is 4.85. The van der Waals surface area contributed by atoms with Gasteiger partial charge in [0.2, 0.25) is 5.91 Å². The van der Waals surface area contributed by atoms with Gasteiger partial charge in [-0.15, -0.1) is 22.7 Å². The Bertz CT molecular complexity index is 932. The molecule has 30 heavy (non-hydrogen) atoms. The van der Waals surface area contributed by atoms with Crippen LogP contribution in [0.1, 0.15) is 34.0 Å². The molecule has 7 heteroatoms. The van der Waals surface area contributed by atoms with Gasteiger partial charge in [0.05, 0.1) is 24.8 Å². The minimum absolute atomic E-state index is 0.0928. The molecule has 1 aromatic carbocycles. The van der Waals surface area contributed by atoms with E-state index in [-0.39, 0.29) is 12.0 Å². The Morgan fingerprint density at radius 1 is 1.27 bits per heavy atom. The summed E-state index contributed by atoms with van der Waals surface area (Å²) in [5.74, 6) is 0.919. The van der Waals surface area contributed by atoms with Crippen LogP contribution in [0.15, 0.2) is 47.2 Å². The first-order valence-electron chi connectivity index (χ1n) is 10.2. The Kier molecular flexibility index (Phi) is 7.15. The summed E-state index contributed by atoms with van der Waals surface area (Å²) >= 11 is 3.21. The number of hydrogen-bond donors (Lipinski definition) is 0. The molecule has 4 rings (SSSR count). The van der Waals surface area contributed by atoms with Crippen molar-refractivity contribution in [3.63, 3.8) is 0 Å². The highest BCUT2D eigenvalue weighted by molar-refractivity contribution is 7.10. The van der Waals surface area contributed by atoms with Crippen molar-refractivity contribution in [3.05, 3.63) is 68.3 Å². The second kappa shape index (κ2) is 10.2. The van der Waals surface area contributed by atoms with Gasteiger partial charge < -0.3 is 14.4 Å². The van der Waals surface area contributed by atoms with Crippen LogP contribution >= 0.6 is 22.7 Å². The predicted molar refractivity (Wildman–Crippen MR) is 120 cm³/mol. The average Bonchev–Trinajstić information content (AvgIpc) is 3.51. The van der Waals surface area contributed by atoms with Crippen molar-refractivity contribution in [1.82, 2.24) is 9.88 Å². The second-order valence-electron chi connectivity index (χ2n) is 7.50. The standard InChI is InChI=1S/C23H26N2O3S2/c1-17-6-8-19(9-7-17)28-15-22-24-18(16-30-22)12-23(26)25(13-20-4-2-10-27-20)14-21-5-3-11-29-21/h3,5-9,11,16,20H,2,4,10,12-15H2,1H3. The second-order valence-corrected chi connectivity index (χ2v) is 9.47. The minimum Gasteiger partial charge on any atom is -0.486 e. The number of hydrogen-bond acceptors (Lipinski definition) is 6. The van der Waals surface area contributed by atoms with Crippen molar-refractivity contribution in [2.75, 3.05) is 13.2 Å². The molecule has 2 aromatic heterocycles. The Labute approximate surface area is 185 Å². The van der Waals surface area contributed by atoms with Crippen LogP contribution < -0.4 is 4.74 Å². The largest absolute Gasteiger partial charge is 0.486 e. The zero-order valence-electron chi connectivity index (χ0n) is 17.1. The third-order valence-corrected chi connectivity index (χ3v) is 6.77. The molecule has 1 aliphatic heterocycles. The van der Waals surface area contributed by atoms with Gasteiger partial charge in [0, 0.05) is 23.4 Å². The normalized spacial score (nSPS) is 16.0. The van der Waals surface area contributed by atoms with Gasteiger partial charge in [-0.3, -0.25) is 4.79 Å². The summed E-state index contributed by atoms with van der Waals surface area (Å²) in [6, 6.07) is 12.1. The van der Waals surface area contributed by atoms with Crippen LogP contribution in [0.25, 0.3) is 0 Å². The summed E-state index contributed by atoms with van der Waals surface area (Å²) in [6.07, 6.45) is 2.54. The van der Waals surface area contributed by atoms with Crippen molar-refractivity contribution in [1.29, 1.82) is 0 Å². The molecule has 0 saturated carbocycles. The lowest BCUT2D eigenvalue weighted by Gasteiger charge is -2.25. The van der Waals surface area contributed by atoms with Gasteiger partial charge in [0.25, 0.3) is 0 Å². The maximum Gasteiger partial charge on any atom is 0.229 e. The molecule has 0 bridgehead atoms. The van der Waals surface area contributed by atoms with Gasteiger partial charge >= 0.3 is 0 Å². The number of carbonyl (C=O) groups excluding carboxylic acids is 1. The Morgan fingerprint density at radius 3 is 2.87 bits per heavy atom. The van der Waals surface area contributed by atoms with E-state index in [2.05, 4.69) is 18.0 Å². The van der Waals surface area contributed by atoms with E-state index < -0.39 is 0 Å². The fraction of sp³-hybridized carbons (Fsp3) is 0.391. The molecule has 0 N–H and O–H groups in total. The molecule has 0 spiro atoms. The van der Waals surface area contributed by atoms with Gasteiger partial charge in [-0.2, -0.15) is 0 Å². The SMILES string of the molecule is Cc1ccc(OCc2nc(CC(=O)N(Cc3cccs3)CC3CCCO3)cs2)cc1. The van der Waals surface area contributed by atoms with Crippen molar-refractivity contribution >= 4 is 28.6 Å². The number of rotatable bonds is 9. The molecule has 1 unspecified atom stereocenters. The lowest BCUT2D eigenvalue weighted by molar-refractivity contribution is -0.132. The monoisotopic (exact) mass is 442 g/mol. The Hall–Kier alpha value is -2.22. The Morgan fingerprint density at radius 2 is 2.13 bits per heavy atom. The van der Waals surface area contributed by atoms with Crippen LogP contribution in [0.4, 0.5) is 0 Å². The first-order chi connectivity index (χ1) is 14.7. The number of thiazole rings is 1. The topological polar surface area (TPSA) is 51.7 Å². The van der Waals surface area contributed by atoms with Crippen molar-refractivity contribution < 1.29 is 14.3 Å². The minimum atomic E-state index is 0.0928. The molecule has 3 aromatic rings. The average molecular weight is 443 g/mol. The predicted octanol–water partition coefficient (Wildman–Crippen LogP) is 4.84. The first-order valence-corrected chi connectivity index (χ1v) is 12.0. The number of thiophene rings is 1. The number of aryl methyl sites for hydroxylation is 1. The highest BCUT2D eigenvalue weighted by Gasteiger charge is 2.23. The molecular weight excluding hydrogens is 416 g/mol. The summed E-state index contributed by atoms with van der Waals surface area (Å²) in [5.41, 5.74) is 2.00. The summed E-state index contributed by atoms with van der Waals surface area (Å²) in [5, 5.41) is 4.88. The van der Waals surface area contributed by atoms with E-state index in [0.717, 1.165) is 35.9 Å². The Balaban J connectivity index is 1.35. The number of nitrogens with zero attached hydrogens (tertiary/aromatic N) is 2. The number of aromatic nitrogens is 1. The highest BCUT2D eigenvalue weighted by atomic mass is 32.1. The van der Waals surface area contributed by atoms with E-state index in [9.17, 15) is 4.79 Å². The fourth-order valence-electron chi connectivity index (χ4n) is 3.42. The smallest absolute Gasteiger partial charge is 0.229 e. The van der Waals surface area contributed by atoms with Gasteiger partial charge in [-0.05, 0) is 43.3 Å². The van der Waals surface area contributed by atoms with Crippen LogP contribution in [-0.4, -0.2) is 35.0 Å². The third kappa shape index (κ3) is 5.90. The molecule has 0 aliphatic carbocycles. The van der Waals surface area contributed by atoms with E-state index in [0.29, 0.717) is 26.1 Å². The molecule has 5 nitrogen and oxygen atoms in total. The maximum absolute atomic E-state index is 13.1. The molecule has 1 fully saturated rings.